The van der Waals surface area contributed by atoms with E-state index < -0.39 is 5.97 Å². The topological polar surface area (TPSA) is 144 Å². The van der Waals surface area contributed by atoms with Gasteiger partial charge in [0.25, 0.3) is 0 Å². The monoisotopic (exact) mass is 411 g/mol. The number of aromatic amines is 1. The Labute approximate surface area is 171 Å². The van der Waals surface area contributed by atoms with Crippen LogP contribution in [0.5, 0.6) is 0 Å². The van der Waals surface area contributed by atoms with Crippen molar-refractivity contribution in [1.82, 2.24) is 35.2 Å². The molecule has 156 valence electrons. The average Bonchev–Trinajstić information content (AvgIpc) is 3.47. The zero-order chi connectivity index (χ0) is 20.9. The van der Waals surface area contributed by atoms with Gasteiger partial charge >= 0.3 is 5.97 Å². The van der Waals surface area contributed by atoms with E-state index >= 15 is 0 Å². The average molecular weight is 411 g/mol. The molecule has 0 bridgehead atoms. The second-order valence-electron chi connectivity index (χ2n) is 6.72. The molecule has 1 saturated heterocycles. The number of carbonyl (C=O) groups excluding carboxylic acids is 2. The molecular weight excluding hydrogens is 390 g/mol. The Morgan fingerprint density at radius 3 is 2.67 bits per heavy atom. The molecule has 1 aliphatic heterocycles. The van der Waals surface area contributed by atoms with Crippen LogP contribution in [0.25, 0.3) is 5.82 Å². The van der Waals surface area contributed by atoms with E-state index in [1.54, 1.807) is 13.3 Å². The summed E-state index contributed by atoms with van der Waals surface area (Å²) in [6.45, 7) is 3.31. The van der Waals surface area contributed by atoms with Gasteiger partial charge in [0, 0.05) is 19.0 Å². The van der Waals surface area contributed by atoms with Gasteiger partial charge in [-0.1, -0.05) is 0 Å². The first-order valence-corrected chi connectivity index (χ1v) is 9.60. The highest BCUT2D eigenvalue weighted by molar-refractivity contribution is 6.00. The van der Waals surface area contributed by atoms with Crippen molar-refractivity contribution in [3.63, 3.8) is 0 Å². The molecule has 1 amide bonds. The summed E-state index contributed by atoms with van der Waals surface area (Å²) in [5.41, 5.74) is 0.213. The fourth-order valence-electron chi connectivity index (χ4n) is 3.28. The van der Waals surface area contributed by atoms with Gasteiger partial charge in [-0.15, -0.1) is 10.2 Å². The van der Waals surface area contributed by atoms with Crippen LogP contribution in [0, 0.1) is 5.92 Å². The summed E-state index contributed by atoms with van der Waals surface area (Å²) in [5, 5.41) is 21.7. The molecular formula is C18H21N9O3. The summed E-state index contributed by atoms with van der Waals surface area (Å²) < 4.78 is 6.51. The molecule has 1 aliphatic rings. The first-order chi connectivity index (χ1) is 14.7. The highest BCUT2D eigenvalue weighted by atomic mass is 16.5. The van der Waals surface area contributed by atoms with Crippen LogP contribution in [0.15, 0.2) is 31.0 Å². The second-order valence-corrected chi connectivity index (χ2v) is 6.72. The zero-order valence-corrected chi connectivity index (χ0v) is 16.4. The minimum absolute atomic E-state index is 0.155. The van der Waals surface area contributed by atoms with E-state index in [0.717, 1.165) is 5.82 Å². The van der Waals surface area contributed by atoms with Crippen LogP contribution in [-0.4, -0.2) is 66.7 Å². The van der Waals surface area contributed by atoms with Crippen molar-refractivity contribution in [2.75, 3.05) is 29.9 Å². The lowest BCUT2D eigenvalue weighted by Gasteiger charge is -2.31. The summed E-state index contributed by atoms with van der Waals surface area (Å²) in [6, 6.07) is 3.70. The summed E-state index contributed by atoms with van der Waals surface area (Å²) in [7, 11) is 0. The minimum Gasteiger partial charge on any atom is -0.462 e. The third-order valence-electron chi connectivity index (χ3n) is 4.86. The van der Waals surface area contributed by atoms with Crippen molar-refractivity contribution < 1.29 is 14.3 Å². The number of esters is 1. The molecule has 0 atom stereocenters. The summed E-state index contributed by atoms with van der Waals surface area (Å²) in [5.74, 6) is 0.733. The van der Waals surface area contributed by atoms with Crippen LogP contribution in [0.3, 0.4) is 0 Å². The lowest BCUT2D eigenvalue weighted by atomic mass is 9.96. The molecule has 0 saturated carbocycles. The molecule has 3 aromatic rings. The van der Waals surface area contributed by atoms with Crippen molar-refractivity contribution in [2.24, 2.45) is 5.92 Å². The molecule has 0 unspecified atom stereocenters. The number of aromatic nitrogens is 7. The standard InChI is InChI=1S/C18H21N9O3/c1-2-30-18(29)13-9-20-25-16(13)22-17(28)12-5-7-26(8-6-12)14-3-4-15(24-23-14)27-11-19-10-21-27/h3-4,9-12H,2,5-8H2,1H3,(H2,20,22,25,28). The summed E-state index contributed by atoms with van der Waals surface area (Å²) in [4.78, 5) is 30.5. The largest absolute Gasteiger partial charge is 0.462 e. The Morgan fingerprint density at radius 1 is 1.23 bits per heavy atom. The van der Waals surface area contributed by atoms with Gasteiger partial charge in [0.15, 0.2) is 11.6 Å². The first-order valence-electron chi connectivity index (χ1n) is 9.60. The Balaban J connectivity index is 1.33. The number of ether oxygens (including phenoxy) is 1. The van der Waals surface area contributed by atoms with Crippen LogP contribution < -0.4 is 10.2 Å². The van der Waals surface area contributed by atoms with E-state index in [1.165, 1.54) is 17.2 Å². The Bertz CT molecular complexity index is 992. The number of rotatable bonds is 6. The molecule has 2 N–H and O–H groups in total. The highest BCUT2D eigenvalue weighted by Gasteiger charge is 2.27. The Kier molecular flexibility index (Phi) is 5.63. The maximum atomic E-state index is 12.6. The van der Waals surface area contributed by atoms with Crippen molar-refractivity contribution in [3.05, 3.63) is 36.5 Å². The molecule has 0 aromatic carbocycles. The normalized spacial score (nSPS) is 14.5. The SMILES string of the molecule is CCOC(=O)c1cn[nH]c1NC(=O)C1CCN(c2ccc(-n3cncn3)nn2)CC1. The molecule has 12 heteroatoms. The lowest BCUT2D eigenvalue weighted by Crippen LogP contribution is -2.38. The van der Waals surface area contributed by atoms with Crippen LogP contribution in [0.2, 0.25) is 0 Å². The van der Waals surface area contributed by atoms with E-state index in [1.807, 2.05) is 12.1 Å². The Morgan fingerprint density at radius 2 is 2.00 bits per heavy atom. The van der Waals surface area contributed by atoms with Gasteiger partial charge in [-0.25, -0.2) is 14.5 Å². The zero-order valence-electron chi connectivity index (χ0n) is 16.4. The second kappa shape index (κ2) is 8.68. The van der Waals surface area contributed by atoms with Gasteiger partial charge < -0.3 is 15.0 Å². The molecule has 30 heavy (non-hydrogen) atoms. The molecule has 4 rings (SSSR count). The van der Waals surface area contributed by atoms with Crippen molar-refractivity contribution in [3.8, 4) is 5.82 Å². The molecule has 12 nitrogen and oxygen atoms in total. The predicted octanol–water partition coefficient (Wildman–Crippen LogP) is 0.812. The summed E-state index contributed by atoms with van der Waals surface area (Å²) in [6.07, 6.45) is 5.64. The first kappa shape index (κ1) is 19.5. The smallest absolute Gasteiger partial charge is 0.343 e. The fourth-order valence-corrected chi connectivity index (χ4v) is 3.28. The number of anilines is 2. The van der Waals surface area contributed by atoms with Crippen molar-refractivity contribution in [2.45, 2.75) is 19.8 Å². The van der Waals surface area contributed by atoms with E-state index in [-0.39, 0.29) is 29.8 Å². The van der Waals surface area contributed by atoms with Crippen LogP contribution in [-0.2, 0) is 9.53 Å². The minimum atomic E-state index is -0.524. The number of nitrogens with one attached hydrogen (secondary N) is 2. The van der Waals surface area contributed by atoms with Gasteiger partial charge in [0.05, 0.1) is 12.8 Å². The molecule has 1 fully saturated rings. The number of hydrogen-bond acceptors (Lipinski definition) is 9. The molecule has 0 aliphatic carbocycles. The summed E-state index contributed by atoms with van der Waals surface area (Å²) >= 11 is 0. The van der Waals surface area contributed by atoms with Gasteiger partial charge in [0.1, 0.15) is 24.0 Å². The Hall–Kier alpha value is -3.83. The molecule has 0 spiro atoms. The number of nitrogens with zero attached hydrogens (tertiary/aromatic N) is 7. The fraction of sp³-hybridized carbons (Fsp3) is 0.389. The van der Waals surface area contributed by atoms with E-state index in [9.17, 15) is 9.59 Å². The third-order valence-corrected chi connectivity index (χ3v) is 4.86. The number of carbonyl (C=O) groups is 2. The maximum Gasteiger partial charge on any atom is 0.343 e. The van der Waals surface area contributed by atoms with Gasteiger partial charge in [-0.2, -0.15) is 10.2 Å². The van der Waals surface area contributed by atoms with E-state index in [4.69, 9.17) is 4.74 Å². The molecule has 4 heterocycles. The number of piperidine rings is 1. The maximum absolute atomic E-state index is 12.6. The van der Waals surface area contributed by atoms with Crippen LogP contribution in [0.4, 0.5) is 11.6 Å². The molecule has 3 aromatic heterocycles. The van der Waals surface area contributed by atoms with Gasteiger partial charge in [0.2, 0.25) is 5.91 Å². The molecule has 0 radical (unpaired) electrons. The van der Waals surface area contributed by atoms with Gasteiger partial charge in [-0.05, 0) is 31.9 Å². The third kappa shape index (κ3) is 4.11. The van der Waals surface area contributed by atoms with E-state index in [2.05, 4.69) is 40.7 Å². The predicted molar refractivity (Wildman–Crippen MR) is 105 cm³/mol. The van der Waals surface area contributed by atoms with Crippen molar-refractivity contribution in [1.29, 1.82) is 0 Å². The van der Waals surface area contributed by atoms with Gasteiger partial charge in [-0.3, -0.25) is 9.89 Å². The number of hydrogen-bond donors (Lipinski definition) is 2. The van der Waals surface area contributed by atoms with Crippen molar-refractivity contribution >= 4 is 23.5 Å². The van der Waals surface area contributed by atoms with Crippen LogP contribution in [0.1, 0.15) is 30.1 Å². The highest BCUT2D eigenvalue weighted by Crippen LogP contribution is 2.23. The van der Waals surface area contributed by atoms with Crippen LogP contribution >= 0.6 is 0 Å². The number of amides is 1. The quantitative estimate of drug-likeness (QED) is 0.563. The van der Waals surface area contributed by atoms with E-state index in [0.29, 0.717) is 31.7 Å². The lowest BCUT2D eigenvalue weighted by molar-refractivity contribution is -0.120. The number of H-pyrrole nitrogens is 1.